The Labute approximate surface area is 157 Å². The molecule has 0 saturated carbocycles. The van der Waals surface area contributed by atoms with Crippen LogP contribution in [0, 0.1) is 5.82 Å². The Hall–Kier alpha value is -3.28. The first-order chi connectivity index (χ1) is 12.8. The molecule has 1 amide bonds. The summed E-state index contributed by atoms with van der Waals surface area (Å²) in [6, 6.07) is 13.3. The summed E-state index contributed by atoms with van der Waals surface area (Å²) in [7, 11) is 0. The van der Waals surface area contributed by atoms with Gasteiger partial charge < -0.3 is 5.32 Å². The predicted octanol–water partition coefficient (Wildman–Crippen LogP) is 4.36. The summed E-state index contributed by atoms with van der Waals surface area (Å²) in [4.78, 5) is 16.7. The van der Waals surface area contributed by atoms with Gasteiger partial charge in [0.1, 0.15) is 11.6 Å². The fraction of sp³-hybridized carbons (Fsp3) is 0.190. The van der Waals surface area contributed by atoms with E-state index in [-0.39, 0.29) is 17.1 Å². The van der Waals surface area contributed by atoms with E-state index in [1.165, 1.54) is 18.2 Å². The number of nitrogens with zero attached hydrogens (tertiary/aromatic N) is 3. The van der Waals surface area contributed by atoms with Gasteiger partial charge in [-0.1, -0.05) is 39.0 Å². The highest BCUT2D eigenvalue weighted by atomic mass is 19.1. The highest BCUT2D eigenvalue weighted by molar-refractivity contribution is 6.01. The van der Waals surface area contributed by atoms with E-state index in [4.69, 9.17) is 0 Å². The zero-order valence-electron chi connectivity index (χ0n) is 15.5. The Morgan fingerprint density at radius 1 is 1.15 bits per heavy atom. The van der Waals surface area contributed by atoms with E-state index in [1.54, 1.807) is 29.1 Å². The third kappa shape index (κ3) is 4.67. The minimum atomic E-state index is -0.314. The molecule has 6 heteroatoms. The maximum Gasteiger partial charge on any atom is 0.249 e. The zero-order chi connectivity index (χ0) is 19.4. The highest BCUT2D eigenvalue weighted by Crippen LogP contribution is 2.25. The molecule has 2 heterocycles. The molecular weight excluding hydrogens is 343 g/mol. The normalized spacial score (nSPS) is 11.7. The fourth-order valence-electron chi connectivity index (χ4n) is 2.40. The molecule has 27 heavy (non-hydrogen) atoms. The first-order valence-electron chi connectivity index (χ1n) is 8.59. The molecule has 5 nitrogen and oxygen atoms in total. The number of aromatic nitrogens is 3. The fourth-order valence-corrected chi connectivity index (χ4v) is 2.40. The van der Waals surface area contributed by atoms with Gasteiger partial charge >= 0.3 is 0 Å². The second kappa shape index (κ2) is 7.53. The number of anilines is 1. The lowest BCUT2D eigenvalue weighted by molar-refractivity contribution is -0.111. The summed E-state index contributed by atoms with van der Waals surface area (Å²) in [5.74, 6) is 0.528. The third-order valence-corrected chi connectivity index (χ3v) is 3.89. The quantitative estimate of drug-likeness (QED) is 0.700. The van der Waals surface area contributed by atoms with Crippen LogP contribution in [0.15, 0.2) is 60.8 Å². The summed E-state index contributed by atoms with van der Waals surface area (Å²) in [5.41, 5.74) is 1.40. The van der Waals surface area contributed by atoms with Crippen molar-refractivity contribution in [2.75, 3.05) is 5.32 Å². The Kier molecular flexibility index (Phi) is 5.16. The molecule has 0 bridgehead atoms. The number of carbonyl (C=O) groups is 1. The first kappa shape index (κ1) is 18.5. The molecule has 0 saturated heterocycles. The van der Waals surface area contributed by atoms with Gasteiger partial charge in [-0.25, -0.2) is 9.37 Å². The molecule has 1 aromatic carbocycles. The number of benzene rings is 1. The maximum absolute atomic E-state index is 13.0. The molecule has 0 aliphatic carbocycles. The molecule has 0 aliphatic rings. The van der Waals surface area contributed by atoms with E-state index in [0.717, 1.165) is 11.3 Å². The molecule has 2 aromatic heterocycles. The van der Waals surface area contributed by atoms with Gasteiger partial charge in [-0.2, -0.15) is 9.78 Å². The van der Waals surface area contributed by atoms with Crippen molar-refractivity contribution in [3.63, 3.8) is 0 Å². The molecule has 1 N–H and O–H groups in total. The van der Waals surface area contributed by atoms with Crippen LogP contribution in [0.3, 0.4) is 0 Å². The van der Waals surface area contributed by atoms with Crippen LogP contribution in [-0.4, -0.2) is 20.7 Å². The van der Waals surface area contributed by atoms with E-state index in [9.17, 15) is 9.18 Å². The summed E-state index contributed by atoms with van der Waals surface area (Å²) in [6.07, 6.45) is 4.70. The monoisotopic (exact) mass is 364 g/mol. The third-order valence-electron chi connectivity index (χ3n) is 3.89. The van der Waals surface area contributed by atoms with Gasteiger partial charge in [-0.3, -0.25) is 4.79 Å². The number of carbonyl (C=O) groups excluding carboxylic acids is 1. The molecule has 0 unspecified atom stereocenters. The van der Waals surface area contributed by atoms with Crippen molar-refractivity contribution in [2.45, 2.75) is 26.2 Å². The summed E-state index contributed by atoms with van der Waals surface area (Å²) in [5, 5.41) is 7.45. The van der Waals surface area contributed by atoms with E-state index >= 15 is 0 Å². The largest absolute Gasteiger partial charge is 0.307 e. The second-order valence-electron chi connectivity index (χ2n) is 7.14. The standard InChI is InChI=1S/C21H21FN4O/c1-21(2,3)17-14-19(26(25-17)18-6-4-5-13-23-18)24-20(27)12-9-15-7-10-16(22)11-8-15/h4-14H,1-3H3,(H,24,27)/b12-9+. The average molecular weight is 364 g/mol. The molecule has 3 aromatic rings. The number of amides is 1. The van der Waals surface area contributed by atoms with Gasteiger partial charge in [0.15, 0.2) is 5.82 Å². The molecule has 0 aliphatic heterocycles. The van der Waals surface area contributed by atoms with Crippen molar-refractivity contribution in [3.8, 4) is 5.82 Å². The maximum atomic E-state index is 13.0. The highest BCUT2D eigenvalue weighted by Gasteiger charge is 2.21. The van der Waals surface area contributed by atoms with Crippen LogP contribution in [0.4, 0.5) is 10.2 Å². The van der Waals surface area contributed by atoms with Crippen LogP contribution < -0.4 is 5.32 Å². The summed E-state index contributed by atoms with van der Waals surface area (Å²) >= 11 is 0. The molecule has 0 atom stereocenters. The van der Waals surface area contributed by atoms with Crippen molar-refractivity contribution in [2.24, 2.45) is 0 Å². The van der Waals surface area contributed by atoms with E-state index < -0.39 is 0 Å². The minimum Gasteiger partial charge on any atom is -0.307 e. The van der Waals surface area contributed by atoms with Gasteiger partial charge in [0.25, 0.3) is 0 Å². The zero-order valence-corrected chi connectivity index (χ0v) is 15.5. The van der Waals surface area contributed by atoms with Crippen LogP contribution >= 0.6 is 0 Å². The molecule has 0 fully saturated rings. The second-order valence-corrected chi connectivity index (χ2v) is 7.14. The summed E-state index contributed by atoms with van der Waals surface area (Å²) < 4.78 is 14.6. The number of nitrogens with one attached hydrogen (secondary N) is 1. The molecule has 0 spiro atoms. The van der Waals surface area contributed by atoms with Crippen molar-refractivity contribution in [1.82, 2.24) is 14.8 Å². The molecule has 138 valence electrons. The molecular formula is C21H21FN4O. The van der Waals surface area contributed by atoms with Crippen LogP contribution in [-0.2, 0) is 10.2 Å². The van der Waals surface area contributed by atoms with E-state index in [2.05, 4.69) is 36.2 Å². The topological polar surface area (TPSA) is 59.8 Å². The first-order valence-corrected chi connectivity index (χ1v) is 8.59. The average Bonchev–Trinajstić information content (AvgIpc) is 3.06. The van der Waals surface area contributed by atoms with Gasteiger partial charge in [0.2, 0.25) is 5.91 Å². The molecule has 0 radical (unpaired) electrons. The lowest BCUT2D eigenvalue weighted by atomic mass is 9.92. The van der Waals surface area contributed by atoms with Crippen molar-refractivity contribution in [3.05, 3.63) is 77.9 Å². The van der Waals surface area contributed by atoms with Crippen molar-refractivity contribution in [1.29, 1.82) is 0 Å². The lowest BCUT2D eigenvalue weighted by Crippen LogP contribution is -2.13. The Morgan fingerprint density at radius 2 is 1.89 bits per heavy atom. The number of hydrogen-bond donors (Lipinski definition) is 1. The van der Waals surface area contributed by atoms with Crippen LogP contribution in [0.2, 0.25) is 0 Å². The SMILES string of the molecule is CC(C)(C)c1cc(NC(=O)/C=C/c2ccc(F)cc2)n(-c2ccccn2)n1. The van der Waals surface area contributed by atoms with Crippen LogP contribution in [0.1, 0.15) is 32.0 Å². The van der Waals surface area contributed by atoms with Gasteiger partial charge in [-0.15, -0.1) is 0 Å². The Bertz CT molecular complexity index is 954. The lowest BCUT2D eigenvalue weighted by Gasteiger charge is -2.13. The summed E-state index contributed by atoms with van der Waals surface area (Å²) in [6.45, 7) is 6.16. The predicted molar refractivity (Wildman–Crippen MR) is 104 cm³/mol. The molecule has 3 rings (SSSR count). The van der Waals surface area contributed by atoms with Gasteiger partial charge in [-0.05, 0) is 35.9 Å². The van der Waals surface area contributed by atoms with E-state index in [1.807, 2.05) is 24.3 Å². The van der Waals surface area contributed by atoms with Gasteiger partial charge in [0, 0.05) is 23.8 Å². The van der Waals surface area contributed by atoms with E-state index in [0.29, 0.717) is 11.6 Å². The number of halogens is 1. The number of rotatable bonds is 4. The van der Waals surface area contributed by atoms with Crippen LogP contribution in [0.25, 0.3) is 11.9 Å². The Balaban J connectivity index is 1.85. The number of pyridine rings is 1. The minimum absolute atomic E-state index is 0.177. The van der Waals surface area contributed by atoms with Crippen molar-refractivity contribution < 1.29 is 9.18 Å². The van der Waals surface area contributed by atoms with Crippen LogP contribution in [0.5, 0.6) is 0 Å². The van der Waals surface area contributed by atoms with Gasteiger partial charge in [0.05, 0.1) is 5.69 Å². The van der Waals surface area contributed by atoms with Crippen molar-refractivity contribution >= 4 is 17.8 Å². The Morgan fingerprint density at radius 3 is 2.52 bits per heavy atom. The number of hydrogen-bond acceptors (Lipinski definition) is 3. The smallest absolute Gasteiger partial charge is 0.249 e.